The zero-order chi connectivity index (χ0) is 19.9. The molecule has 0 radical (unpaired) electrons. The predicted molar refractivity (Wildman–Crippen MR) is 112 cm³/mol. The summed E-state index contributed by atoms with van der Waals surface area (Å²) in [4.78, 5) is 12.2. The Kier molecular flexibility index (Phi) is 7.36. The van der Waals surface area contributed by atoms with E-state index in [9.17, 15) is 4.79 Å². The Bertz CT molecular complexity index is 767. The predicted octanol–water partition coefficient (Wildman–Crippen LogP) is 4.15. The molecule has 0 atom stereocenters. The van der Waals surface area contributed by atoms with Crippen LogP contribution in [0.25, 0.3) is 0 Å². The van der Waals surface area contributed by atoms with Crippen molar-refractivity contribution < 1.29 is 9.53 Å². The minimum atomic E-state index is 0.0746. The fourth-order valence-corrected chi connectivity index (χ4v) is 4.25. The van der Waals surface area contributed by atoms with Crippen molar-refractivity contribution in [3.63, 3.8) is 0 Å². The number of benzene rings is 1. The van der Waals surface area contributed by atoms with E-state index in [0.29, 0.717) is 24.3 Å². The molecule has 0 unspecified atom stereocenters. The Morgan fingerprint density at radius 1 is 1.25 bits per heavy atom. The van der Waals surface area contributed by atoms with Crippen molar-refractivity contribution in [3.05, 3.63) is 35.7 Å². The van der Waals surface area contributed by atoms with Crippen LogP contribution >= 0.6 is 11.8 Å². The molecular weight excluding hydrogens is 372 g/mol. The number of carbonyl (C=O) groups is 1. The van der Waals surface area contributed by atoms with E-state index in [0.717, 1.165) is 36.1 Å². The molecule has 28 heavy (non-hydrogen) atoms. The highest BCUT2D eigenvalue weighted by Gasteiger charge is 2.18. The highest BCUT2D eigenvalue weighted by Crippen LogP contribution is 2.22. The summed E-state index contributed by atoms with van der Waals surface area (Å²) in [5.74, 6) is 2.54. The van der Waals surface area contributed by atoms with Crippen molar-refractivity contribution in [2.75, 3.05) is 5.75 Å². The summed E-state index contributed by atoms with van der Waals surface area (Å²) in [6, 6.07) is 8.52. The first kappa shape index (κ1) is 20.7. The summed E-state index contributed by atoms with van der Waals surface area (Å²) in [5, 5.41) is 12.4. The molecule has 7 heteroatoms. The first-order valence-electron chi connectivity index (χ1n) is 10.1. The Morgan fingerprint density at radius 2 is 1.96 bits per heavy atom. The number of thioether (sulfide) groups is 1. The normalized spacial score (nSPS) is 14.6. The second kappa shape index (κ2) is 9.96. The van der Waals surface area contributed by atoms with E-state index in [1.54, 1.807) is 0 Å². The van der Waals surface area contributed by atoms with Gasteiger partial charge in [0.15, 0.2) is 11.0 Å². The molecule has 0 aliphatic heterocycles. The third-order valence-corrected chi connectivity index (χ3v) is 6.04. The van der Waals surface area contributed by atoms with Gasteiger partial charge >= 0.3 is 0 Å². The molecule has 1 fully saturated rings. The van der Waals surface area contributed by atoms with E-state index in [1.165, 1.54) is 30.2 Å². The van der Waals surface area contributed by atoms with E-state index >= 15 is 0 Å². The van der Waals surface area contributed by atoms with Gasteiger partial charge in [0.2, 0.25) is 5.91 Å². The van der Waals surface area contributed by atoms with E-state index in [4.69, 9.17) is 4.74 Å². The van der Waals surface area contributed by atoms with Gasteiger partial charge in [0.25, 0.3) is 0 Å². The molecule has 1 amide bonds. The van der Waals surface area contributed by atoms with Gasteiger partial charge in [-0.05, 0) is 43.4 Å². The van der Waals surface area contributed by atoms with E-state index in [2.05, 4.69) is 41.5 Å². The zero-order valence-electron chi connectivity index (χ0n) is 17.0. The number of carbonyl (C=O) groups excluding carboxylic acids is 1. The van der Waals surface area contributed by atoms with E-state index < -0.39 is 0 Å². The molecule has 1 aromatic heterocycles. The largest absolute Gasteiger partial charge is 0.486 e. The molecule has 1 N–H and O–H groups in total. The maximum atomic E-state index is 12.2. The van der Waals surface area contributed by atoms with Crippen molar-refractivity contribution in [1.82, 2.24) is 20.1 Å². The molecule has 1 saturated carbocycles. The average Bonchev–Trinajstić information content (AvgIpc) is 3.34. The Hall–Kier alpha value is -2.02. The van der Waals surface area contributed by atoms with Gasteiger partial charge in [-0.25, -0.2) is 0 Å². The molecule has 1 aliphatic rings. The molecule has 0 saturated heterocycles. The summed E-state index contributed by atoms with van der Waals surface area (Å²) >= 11 is 1.43. The van der Waals surface area contributed by atoms with Crippen molar-refractivity contribution in [2.24, 2.45) is 0 Å². The van der Waals surface area contributed by atoms with Crippen LogP contribution in [0.2, 0.25) is 0 Å². The number of ether oxygens (including phenoxy) is 1. The first-order valence-corrected chi connectivity index (χ1v) is 11.1. The lowest BCUT2D eigenvalue weighted by molar-refractivity contribution is -0.119. The molecular formula is C21H30N4O2S. The summed E-state index contributed by atoms with van der Waals surface area (Å²) in [5.41, 5.74) is 1.29. The van der Waals surface area contributed by atoms with Crippen molar-refractivity contribution in [1.29, 1.82) is 0 Å². The standard InChI is InChI=1S/C21H30N4O2S/c1-4-25-19(13-27-18-11-9-16(10-12-18)15(2)3)23-24-21(25)28-14-20(26)22-17-7-5-6-8-17/h9-12,15,17H,4-8,13-14H2,1-3H3,(H,22,26). The monoisotopic (exact) mass is 402 g/mol. The highest BCUT2D eigenvalue weighted by molar-refractivity contribution is 7.99. The van der Waals surface area contributed by atoms with Crippen LogP contribution in [-0.4, -0.2) is 32.5 Å². The average molecular weight is 403 g/mol. The fraction of sp³-hybridized carbons (Fsp3) is 0.571. The number of rotatable bonds is 9. The number of amides is 1. The summed E-state index contributed by atoms with van der Waals surface area (Å²) in [6.45, 7) is 7.49. The van der Waals surface area contributed by atoms with Crippen LogP contribution < -0.4 is 10.1 Å². The number of nitrogens with zero attached hydrogens (tertiary/aromatic N) is 3. The lowest BCUT2D eigenvalue weighted by Crippen LogP contribution is -2.33. The van der Waals surface area contributed by atoms with Gasteiger partial charge in [0.05, 0.1) is 5.75 Å². The third kappa shape index (κ3) is 5.50. The number of nitrogens with one attached hydrogen (secondary N) is 1. The quantitative estimate of drug-likeness (QED) is 0.638. The van der Waals surface area contributed by atoms with Gasteiger partial charge in [-0.15, -0.1) is 10.2 Å². The topological polar surface area (TPSA) is 69.0 Å². The minimum Gasteiger partial charge on any atom is -0.486 e. The molecule has 2 aromatic rings. The van der Waals surface area contributed by atoms with Crippen LogP contribution in [0.4, 0.5) is 0 Å². The van der Waals surface area contributed by atoms with Gasteiger partial charge in [-0.1, -0.05) is 50.6 Å². The molecule has 1 heterocycles. The molecule has 1 aromatic carbocycles. The summed E-state index contributed by atoms with van der Waals surface area (Å²) in [6.07, 6.45) is 4.62. The molecule has 3 rings (SSSR count). The SMILES string of the molecule is CCn1c(COc2ccc(C(C)C)cc2)nnc1SCC(=O)NC1CCCC1. The van der Waals surface area contributed by atoms with Crippen LogP contribution in [-0.2, 0) is 17.9 Å². The second-order valence-electron chi connectivity index (χ2n) is 7.49. The van der Waals surface area contributed by atoms with Gasteiger partial charge in [0.1, 0.15) is 12.4 Å². The summed E-state index contributed by atoms with van der Waals surface area (Å²) < 4.78 is 7.89. The number of hydrogen-bond acceptors (Lipinski definition) is 5. The Labute approximate surface area is 171 Å². The summed E-state index contributed by atoms with van der Waals surface area (Å²) in [7, 11) is 0. The van der Waals surface area contributed by atoms with Gasteiger partial charge < -0.3 is 14.6 Å². The molecule has 6 nitrogen and oxygen atoms in total. The Morgan fingerprint density at radius 3 is 2.61 bits per heavy atom. The lowest BCUT2D eigenvalue weighted by atomic mass is 10.0. The van der Waals surface area contributed by atoms with Crippen molar-refractivity contribution in [3.8, 4) is 5.75 Å². The smallest absolute Gasteiger partial charge is 0.230 e. The molecule has 0 bridgehead atoms. The van der Waals surface area contributed by atoms with Gasteiger partial charge in [-0.2, -0.15) is 0 Å². The molecule has 1 aliphatic carbocycles. The van der Waals surface area contributed by atoms with Gasteiger partial charge in [-0.3, -0.25) is 4.79 Å². The lowest BCUT2D eigenvalue weighted by Gasteiger charge is -2.12. The minimum absolute atomic E-state index is 0.0746. The fourth-order valence-electron chi connectivity index (χ4n) is 3.42. The third-order valence-electron chi connectivity index (χ3n) is 5.08. The number of aromatic nitrogens is 3. The maximum absolute atomic E-state index is 12.2. The molecule has 152 valence electrons. The molecule has 0 spiro atoms. The van der Waals surface area contributed by atoms with Crippen LogP contribution in [0.15, 0.2) is 29.4 Å². The van der Waals surface area contributed by atoms with Crippen molar-refractivity contribution >= 4 is 17.7 Å². The van der Waals surface area contributed by atoms with Gasteiger partial charge in [0, 0.05) is 12.6 Å². The van der Waals surface area contributed by atoms with Crippen LogP contribution in [0.3, 0.4) is 0 Å². The first-order chi connectivity index (χ1) is 13.6. The van der Waals surface area contributed by atoms with E-state index in [1.807, 2.05) is 23.6 Å². The van der Waals surface area contributed by atoms with Crippen LogP contribution in [0, 0.1) is 0 Å². The zero-order valence-corrected chi connectivity index (χ0v) is 17.8. The van der Waals surface area contributed by atoms with Crippen LogP contribution in [0.1, 0.15) is 63.8 Å². The highest BCUT2D eigenvalue weighted by atomic mass is 32.2. The second-order valence-corrected chi connectivity index (χ2v) is 8.44. The van der Waals surface area contributed by atoms with E-state index in [-0.39, 0.29) is 5.91 Å². The Balaban J connectivity index is 1.53. The maximum Gasteiger partial charge on any atom is 0.230 e. The van der Waals surface area contributed by atoms with Crippen molar-refractivity contribution in [2.45, 2.75) is 76.7 Å². The van der Waals surface area contributed by atoms with Crippen LogP contribution in [0.5, 0.6) is 5.75 Å². The number of hydrogen-bond donors (Lipinski definition) is 1.